The van der Waals surface area contributed by atoms with Gasteiger partial charge in [-0.2, -0.15) is 0 Å². The summed E-state index contributed by atoms with van der Waals surface area (Å²) in [6.07, 6.45) is 0. The highest BCUT2D eigenvalue weighted by molar-refractivity contribution is 7.21. The van der Waals surface area contributed by atoms with Crippen molar-refractivity contribution in [2.24, 2.45) is 5.92 Å². The van der Waals surface area contributed by atoms with Crippen LogP contribution in [0.25, 0.3) is 20.9 Å². The Hall–Kier alpha value is -1.45. The van der Waals surface area contributed by atoms with Gasteiger partial charge in [0.05, 0.1) is 0 Å². The van der Waals surface area contributed by atoms with Gasteiger partial charge in [-0.05, 0) is 42.5 Å². The average molecular weight is 331 g/mol. The number of halogens is 1. The zero-order valence-electron chi connectivity index (χ0n) is 13.2. The largest absolute Gasteiger partial charge is 0.241 e. The van der Waals surface area contributed by atoms with Gasteiger partial charge in [0.1, 0.15) is 15.4 Å². The fourth-order valence-corrected chi connectivity index (χ4v) is 3.75. The van der Waals surface area contributed by atoms with Crippen molar-refractivity contribution in [3.8, 4) is 10.6 Å². The van der Waals surface area contributed by atoms with Crippen LogP contribution in [0.1, 0.15) is 37.9 Å². The number of aromatic nitrogens is 2. The Balaban J connectivity index is 2.02. The first-order valence-corrected chi connectivity index (χ1v) is 8.69. The smallest absolute Gasteiger partial charge is 0.144 e. The molecule has 0 aliphatic heterocycles. The highest BCUT2D eigenvalue weighted by Gasteiger charge is 2.15. The van der Waals surface area contributed by atoms with E-state index >= 15 is 0 Å². The van der Waals surface area contributed by atoms with E-state index in [1.807, 2.05) is 25.1 Å². The van der Waals surface area contributed by atoms with Crippen molar-refractivity contribution in [1.29, 1.82) is 0 Å². The minimum atomic E-state index is 0.446. The van der Waals surface area contributed by atoms with Gasteiger partial charge in [-0.25, -0.2) is 9.97 Å². The molecule has 0 aliphatic carbocycles. The monoisotopic (exact) mass is 330 g/mol. The third-order valence-corrected chi connectivity index (χ3v) is 5.47. The standard InChI is InChI=1S/C18H19ClN2S/c1-10(2)12(4)14-7-6-13(9-15(14)19)17-21-16-8-5-11(3)20-18(16)22-17/h5-10,12H,1-4H3. The van der Waals surface area contributed by atoms with E-state index in [4.69, 9.17) is 11.6 Å². The molecule has 0 spiro atoms. The molecule has 0 saturated heterocycles. The molecule has 0 N–H and O–H groups in total. The lowest BCUT2D eigenvalue weighted by molar-refractivity contribution is 0.535. The maximum Gasteiger partial charge on any atom is 0.144 e. The molecule has 1 unspecified atom stereocenters. The summed E-state index contributed by atoms with van der Waals surface area (Å²) >= 11 is 8.12. The summed E-state index contributed by atoms with van der Waals surface area (Å²) < 4.78 is 0. The van der Waals surface area contributed by atoms with Crippen LogP contribution >= 0.6 is 22.9 Å². The molecule has 0 amide bonds. The first-order valence-electron chi connectivity index (χ1n) is 7.49. The van der Waals surface area contributed by atoms with Crippen LogP contribution in [0.2, 0.25) is 5.02 Å². The Labute approximate surface area is 140 Å². The second-order valence-electron chi connectivity index (χ2n) is 6.06. The molecule has 0 bridgehead atoms. The number of rotatable bonds is 3. The van der Waals surface area contributed by atoms with E-state index < -0.39 is 0 Å². The Kier molecular flexibility index (Phi) is 4.20. The van der Waals surface area contributed by atoms with Crippen LogP contribution in [-0.4, -0.2) is 9.97 Å². The third-order valence-electron chi connectivity index (χ3n) is 4.13. The van der Waals surface area contributed by atoms with Crippen molar-refractivity contribution in [2.45, 2.75) is 33.6 Å². The summed E-state index contributed by atoms with van der Waals surface area (Å²) in [5, 5.41) is 1.79. The van der Waals surface area contributed by atoms with Gasteiger partial charge in [-0.1, -0.05) is 55.8 Å². The van der Waals surface area contributed by atoms with Gasteiger partial charge in [-0.15, -0.1) is 0 Å². The molecule has 114 valence electrons. The predicted octanol–water partition coefficient (Wildman–Crippen LogP) is 6.08. The van der Waals surface area contributed by atoms with Crippen LogP contribution in [0.5, 0.6) is 0 Å². The molecule has 0 fully saturated rings. The number of pyridine rings is 1. The van der Waals surface area contributed by atoms with Gasteiger partial charge in [0.25, 0.3) is 0 Å². The summed E-state index contributed by atoms with van der Waals surface area (Å²) in [6, 6.07) is 10.3. The molecule has 2 aromatic heterocycles. The zero-order chi connectivity index (χ0) is 15.9. The van der Waals surface area contributed by atoms with Crippen molar-refractivity contribution in [2.75, 3.05) is 0 Å². The highest BCUT2D eigenvalue weighted by atomic mass is 35.5. The van der Waals surface area contributed by atoms with E-state index in [9.17, 15) is 0 Å². The van der Waals surface area contributed by atoms with Gasteiger partial charge < -0.3 is 0 Å². The van der Waals surface area contributed by atoms with E-state index in [1.165, 1.54) is 5.56 Å². The molecule has 1 aromatic carbocycles. The van der Waals surface area contributed by atoms with E-state index in [0.29, 0.717) is 11.8 Å². The summed E-state index contributed by atoms with van der Waals surface area (Å²) in [5.74, 6) is 1.01. The normalized spacial score (nSPS) is 13.0. The van der Waals surface area contributed by atoms with Crippen molar-refractivity contribution < 1.29 is 0 Å². The minimum Gasteiger partial charge on any atom is -0.241 e. The number of thiazole rings is 1. The van der Waals surface area contributed by atoms with Crippen LogP contribution in [0.3, 0.4) is 0 Å². The fraction of sp³-hybridized carbons (Fsp3) is 0.333. The number of hydrogen-bond acceptors (Lipinski definition) is 3. The summed E-state index contributed by atoms with van der Waals surface area (Å²) in [5.41, 5.74) is 4.23. The van der Waals surface area contributed by atoms with Gasteiger partial charge in [-0.3, -0.25) is 0 Å². The number of benzene rings is 1. The molecule has 2 heterocycles. The molecular weight excluding hydrogens is 312 g/mol. The quantitative estimate of drug-likeness (QED) is 0.581. The number of fused-ring (bicyclic) bond motifs is 1. The zero-order valence-corrected chi connectivity index (χ0v) is 14.8. The molecule has 4 heteroatoms. The van der Waals surface area contributed by atoms with Crippen LogP contribution < -0.4 is 0 Å². The van der Waals surface area contributed by atoms with Crippen molar-refractivity contribution in [1.82, 2.24) is 9.97 Å². The molecule has 0 radical (unpaired) electrons. The third kappa shape index (κ3) is 2.88. The Bertz CT molecular complexity index is 823. The lowest BCUT2D eigenvalue weighted by atomic mass is 9.90. The van der Waals surface area contributed by atoms with Gasteiger partial charge in [0, 0.05) is 16.3 Å². The van der Waals surface area contributed by atoms with Crippen molar-refractivity contribution in [3.05, 3.63) is 46.6 Å². The summed E-state index contributed by atoms with van der Waals surface area (Å²) in [7, 11) is 0. The highest BCUT2D eigenvalue weighted by Crippen LogP contribution is 2.35. The SMILES string of the molecule is Cc1ccc2nc(-c3ccc(C(C)C(C)C)c(Cl)c3)sc2n1. The van der Waals surface area contributed by atoms with Gasteiger partial charge in [0.2, 0.25) is 0 Å². The molecule has 2 nitrogen and oxygen atoms in total. The molecule has 1 atom stereocenters. The second kappa shape index (κ2) is 5.98. The number of hydrogen-bond donors (Lipinski definition) is 0. The topological polar surface area (TPSA) is 25.8 Å². The van der Waals surface area contributed by atoms with Crippen LogP contribution in [0.4, 0.5) is 0 Å². The Morgan fingerprint density at radius 3 is 2.50 bits per heavy atom. The van der Waals surface area contributed by atoms with Crippen LogP contribution in [0, 0.1) is 12.8 Å². The van der Waals surface area contributed by atoms with Crippen LogP contribution in [-0.2, 0) is 0 Å². The first kappa shape index (κ1) is 15.4. The maximum atomic E-state index is 6.50. The second-order valence-corrected chi connectivity index (χ2v) is 7.45. The molecule has 3 rings (SSSR count). The fourth-order valence-electron chi connectivity index (χ4n) is 2.42. The molecule has 0 aliphatic rings. The van der Waals surface area contributed by atoms with E-state index in [0.717, 1.165) is 31.6 Å². The first-order chi connectivity index (χ1) is 10.5. The lowest BCUT2D eigenvalue weighted by Gasteiger charge is -2.17. The average Bonchev–Trinajstić information content (AvgIpc) is 2.89. The van der Waals surface area contributed by atoms with E-state index in [-0.39, 0.29) is 0 Å². The minimum absolute atomic E-state index is 0.446. The van der Waals surface area contributed by atoms with Crippen molar-refractivity contribution in [3.63, 3.8) is 0 Å². The molecule has 3 aromatic rings. The lowest BCUT2D eigenvalue weighted by Crippen LogP contribution is -2.02. The van der Waals surface area contributed by atoms with E-state index in [2.05, 4.69) is 42.9 Å². The van der Waals surface area contributed by atoms with Crippen LogP contribution in [0.15, 0.2) is 30.3 Å². The molecular formula is C18H19ClN2S. The Morgan fingerprint density at radius 2 is 1.82 bits per heavy atom. The molecule has 22 heavy (non-hydrogen) atoms. The van der Waals surface area contributed by atoms with E-state index in [1.54, 1.807) is 11.3 Å². The van der Waals surface area contributed by atoms with Gasteiger partial charge >= 0.3 is 0 Å². The Morgan fingerprint density at radius 1 is 1.05 bits per heavy atom. The summed E-state index contributed by atoms with van der Waals surface area (Å²) in [6.45, 7) is 8.65. The summed E-state index contributed by atoms with van der Waals surface area (Å²) in [4.78, 5) is 10.2. The predicted molar refractivity (Wildman–Crippen MR) is 95.9 cm³/mol. The maximum absolute atomic E-state index is 6.50. The van der Waals surface area contributed by atoms with Gasteiger partial charge in [0.15, 0.2) is 0 Å². The van der Waals surface area contributed by atoms with Crippen molar-refractivity contribution >= 4 is 33.3 Å². The number of aryl methyl sites for hydroxylation is 1. The number of nitrogens with zero attached hydrogens (tertiary/aromatic N) is 2. The molecule has 0 saturated carbocycles.